The molecule has 0 radical (unpaired) electrons. The van der Waals surface area contributed by atoms with Crippen LogP contribution in [-0.4, -0.2) is 26.8 Å². The minimum absolute atomic E-state index is 0.0613. The normalized spacial score (nSPS) is 12.6. The second kappa shape index (κ2) is 11.9. The molecule has 0 atom stereocenters. The van der Waals surface area contributed by atoms with E-state index in [0.29, 0.717) is 23.4 Å². The van der Waals surface area contributed by atoms with Crippen molar-refractivity contribution >= 4 is 57.3 Å². The van der Waals surface area contributed by atoms with Gasteiger partial charge in [-0.2, -0.15) is 0 Å². The molecule has 2 N–H and O–H groups in total. The topological polar surface area (TPSA) is 119 Å². The number of nitro benzene ring substituents is 1. The van der Waals surface area contributed by atoms with E-state index in [1.165, 1.54) is 12.1 Å². The number of aryl methyl sites for hydroxylation is 1. The maximum atomic E-state index is 12.9. The third-order valence-electron chi connectivity index (χ3n) is 7.10. The molecule has 6 rings (SSSR count). The number of rotatable bonds is 9. The summed E-state index contributed by atoms with van der Waals surface area (Å²) in [6.45, 7) is 2.31. The first-order valence-corrected chi connectivity index (χ1v) is 14.3. The van der Waals surface area contributed by atoms with E-state index < -0.39 is 4.92 Å². The van der Waals surface area contributed by atoms with E-state index in [9.17, 15) is 14.9 Å². The molecule has 4 aromatic carbocycles. The average molecular weight is 614 g/mol. The Bertz CT molecular complexity index is 1860. The summed E-state index contributed by atoms with van der Waals surface area (Å²) in [5, 5.41) is 18.0. The molecule has 43 heavy (non-hydrogen) atoms. The molecule has 0 saturated heterocycles. The zero-order valence-electron chi connectivity index (χ0n) is 22.9. The Balaban J connectivity index is 1.39. The molecular formula is C32H25Cl2N5O4. The molecule has 216 valence electrons. The van der Waals surface area contributed by atoms with Crippen LogP contribution in [0.1, 0.15) is 34.3 Å². The zero-order chi connectivity index (χ0) is 30.1. The Morgan fingerprint density at radius 1 is 1.02 bits per heavy atom. The van der Waals surface area contributed by atoms with Gasteiger partial charge in [0.15, 0.2) is 0 Å². The minimum Gasteiger partial charge on any atom is -0.488 e. The van der Waals surface area contributed by atoms with E-state index in [-0.39, 0.29) is 39.3 Å². The fourth-order valence-electron chi connectivity index (χ4n) is 4.63. The van der Waals surface area contributed by atoms with Gasteiger partial charge in [0.2, 0.25) is 5.95 Å². The second-order valence-electron chi connectivity index (χ2n) is 10.3. The van der Waals surface area contributed by atoms with Crippen LogP contribution in [0, 0.1) is 17.0 Å². The maximum Gasteiger partial charge on any atom is 0.272 e. The van der Waals surface area contributed by atoms with Crippen LogP contribution in [0.4, 0.5) is 17.3 Å². The lowest BCUT2D eigenvalue weighted by molar-refractivity contribution is -0.384. The van der Waals surface area contributed by atoms with E-state index in [4.69, 9.17) is 27.9 Å². The molecule has 0 bridgehead atoms. The van der Waals surface area contributed by atoms with Crippen molar-refractivity contribution in [3.8, 4) is 16.9 Å². The molecule has 1 aliphatic rings. The summed E-state index contributed by atoms with van der Waals surface area (Å²) in [5.74, 6) is 0.677. The number of anilines is 2. The van der Waals surface area contributed by atoms with Gasteiger partial charge in [0.1, 0.15) is 12.4 Å². The van der Waals surface area contributed by atoms with Crippen LogP contribution >= 0.6 is 23.2 Å². The standard InChI is InChI=1S/C32H25Cl2N5O4/c1-18-7-8-20(31(40)36-22-9-10-22)11-24(18)25-12-21-16-35-32(38-30-26(33)13-23(39(41)42)14-27(30)34)37-28(21)15-29(25)43-17-19-5-3-2-4-6-19/h2-8,11-16,22H,9-10,17H2,1H3,(H,36,40)(H,35,37,38). The van der Waals surface area contributed by atoms with Crippen molar-refractivity contribution in [1.82, 2.24) is 15.3 Å². The predicted molar refractivity (Wildman–Crippen MR) is 167 cm³/mol. The van der Waals surface area contributed by atoms with Crippen molar-refractivity contribution in [2.75, 3.05) is 5.32 Å². The highest BCUT2D eigenvalue weighted by atomic mass is 35.5. The molecule has 0 spiro atoms. The van der Waals surface area contributed by atoms with Crippen LogP contribution in [-0.2, 0) is 6.61 Å². The largest absolute Gasteiger partial charge is 0.488 e. The molecule has 1 aromatic heterocycles. The first kappa shape index (κ1) is 28.4. The number of ether oxygens (including phenoxy) is 1. The van der Waals surface area contributed by atoms with Gasteiger partial charge in [-0.15, -0.1) is 0 Å². The number of halogens is 2. The van der Waals surface area contributed by atoms with Gasteiger partial charge in [-0.3, -0.25) is 14.9 Å². The van der Waals surface area contributed by atoms with Gasteiger partial charge in [-0.1, -0.05) is 59.6 Å². The van der Waals surface area contributed by atoms with Crippen LogP contribution in [0.2, 0.25) is 10.0 Å². The van der Waals surface area contributed by atoms with Crippen LogP contribution in [0.5, 0.6) is 5.75 Å². The number of nitrogens with one attached hydrogen (secondary N) is 2. The molecule has 1 amide bonds. The van der Waals surface area contributed by atoms with Crippen LogP contribution in [0.25, 0.3) is 22.0 Å². The Hall–Kier alpha value is -4.73. The van der Waals surface area contributed by atoms with Crippen LogP contribution in [0.3, 0.4) is 0 Å². The first-order valence-electron chi connectivity index (χ1n) is 13.5. The summed E-state index contributed by atoms with van der Waals surface area (Å²) in [4.78, 5) is 32.5. The van der Waals surface area contributed by atoms with E-state index in [2.05, 4.69) is 20.6 Å². The number of nitro groups is 1. The summed E-state index contributed by atoms with van der Waals surface area (Å²) < 4.78 is 6.36. The molecular weight excluding hydrogens is 589 g/mol. The molecule has 0 unspecified atom stereocenters. The Kier molecular flexibility index (Phi) is 7.84. The first-order chi connectivity index (χ1) is 20.7. The summed E-state index contributed by atoms with van der Waals surface area (Å²) in [6, 6.07) is 21.9. The van der Waals surface area contributed by atoms with Crippen LogP contribution in [0.15, 0.2) is 79.0 Å². The summed E-state index contributed by atoms with van der Waals surface area (Å²) in [5.41, 5.74) is 4.82. The molecule has 5 aromatic rings. The monoisotopic (exact) mass is 613 g/mol. The highest BCUT2D eigenvalue weighted by Crippen LogP contribution is 2.39. The zero-order valence-corrected chi connectivity index (χ0v) is 24.4. The van der Waals surface area contributed by atoms with Crippen molar-refractivity contribution in [3.63, 3.8) is 0 Å². The van der Waals surface area contributed by atoms with Gasteiger partial charge >= 0.3 is 0 Å². The lowest BCUT2D eigenvalue weighted by atomic mass is 9.96. The van der Waals surface area contributed by atoms with Gasteiger partial charge in [-0.25, -0.2) is 9.97 Å². The van der Waals surface area contributed by atoms with Gasteiger partial charge in [0.05, 0.1) is 26.2 Å². The fraction of sp³-hybridized carbons (Fsp3) is 0.156. The molecule has 1 fully saturated rings. The third-order valence-corrected chi connectivity index (χ3v) is 7.69. The van der Waals surface area contributed by atoms with E-state index >= 15 is 0 Å². The smallest absolute Gasteiger partial charge is 0.272 e. The minimum atomic E-state index is -0.570. The molecule has 1 saturated carbocycles. The highest BCUT2D eigenvalue weighted by molar-refractivity contribution is 6.39. The number of carbonyl (C=O) groups is 1. The van der Waals surface area contributed by atoms with Crippen molar-refractivity contribution < 1.29 is 14.5 Å². The lowest BCUT2D eigenvalue weighted by Gasteiger charge is -2.16. The van der Waals surface area contributed by atoms with E-state index in [1.807, 2.05) is 67.6 Å². The Labute approximate surface area is 257 Å². The van der Waals surface area contributed by atoms with E-state index in [0.717, 1.165) is 40.5 Å². The SMILES string of the molecule is Cc1ccc(C(=O)NC2CC2)cc1-c1cc2cnc(Nc3c(Cl)cc([N+](=O)[O-])cc3Cl)nc2cc1OCc1ccccc1. The molecule has 1 aliphatic carbocycles. The second-order valence-corrected chi connectivity index (χ2v) is 11.1. The van der Waals surface area contributed by atoms with Crippen molar-refractivity contribution in [1.29, 1.82) is 0 Å². The Morgan fingerprint density at radius 3 is 2.47 bits per heavy atom. The quantitative estimate of drug-likeness (QED) is 0.127. The maximum absolute atomic E-state index is 12.9. The lowest BCUT2D eigenvalue weighted by Crippen LogP contribution is -2.25. The van der Waals surface area contributed by atoms with E-state index in [1.54, 1.807) is 6.20 Å². The summed E-state index contributed by atoms with van der Waals surface area (Å²) in [6.07, 6.45) is 3.67. The number of benzene rings is 4. The molecule has 0 aliphatic heterocycles. The van der Waals surface area contributed by atoms with Crippen molar-refractivity contribution in [2.45, 2.75) is 32.4 Å². The number of hydrogen-bond donors (Lipinski definition) is 2. The average Bonchev–Trinajstić information content (AvgIpc) is 3.82. The molecule has 9 nitrogen and oxygen atoms in total. The predicted octanol–water partition coefficient (Wildman–Crippen LogP) is 8.04. The summed E-state index contributed by atoms with van der Waals surface area (Å²) >= 11 is 12.6. The van der Waals surface area contributed by atoms with Gasteiger partial charge in [-0.05, 0) is 54.7 Å². The molecule has 11 heteroatoms. The number of hydrogen-bond acceptors (Lipinski definition) is 7. The fourth-order valence-corrected chi connectivity index (χ4v) is 5.20. The highest BCUT2D eigenvalue weighted by Gasteiger charge is 2.24. The Morgan fingerprint density at radius 2 is 1.77 bits per heavy atom. The number of amides is 1. The number of nitrogens with zero attached hydrogens (tertiary/aromatic N) is 3. The van der Waals surface area contributed by atoms with Gasteiger partial charge < -0.3 is 15.4 Å². The van der Waals surface area contributed by atoms with Crippen LogP contribution < -0.4 is 15.4 Å². The van der Waals surface area contributed by atoms with Gasteiger partial charge in [0.25, 0.3) is 11.6 Å². The van der Waals surface area contributed by atoms with Crippen molar-refractivity contribution in [3.05, 3.63) is 116 Å². The molecule has 1 heterocycles. The third kappa shape index (κ3) is 6.38. The van der Waals surface area contributed by atoms with Gasteiger partial charge in [0, 0.05) is 47.0 Å². The number of non-ortho nitro benzene ring substituents is 1. The number of aromatic nitrogens is 2. The summed E-state index contributed by atoms with van der Waals surface area (Å²) in [7, 11) is 0. The van der Waals surface area contributed by atoms with Crippen molar-refractivity contribution in [2.24, 2.45) is 0 Å². The number of carbonyl (C=O) groups excluding carboxylic acids is 1. The number of fused-ring (bicyclic) bond motifs is 1.